The SMILES string of the molecule is C=CC(B1OC(C)(C)C(C)(C)O1)C1(c2ccccc2)CC1(F)F. The normalized spacial score (nSPS) is 31.7. The first-order chi connectivity index (χ1) is 10.6. The molecule has 1 heterocycles. The highest BCUT2D eigenvalue weighted by atomic mass is 19.3. The first kappa shape index (κ1) is 16.7. The molecule has 0 N–H and O–H groups in total. The van der Waals surface area contributed by atoms with E-state index in [4.69, 9.17) is 9.31 Å². The second-order valence-corrected chi connectivity index (χ2v) is 7.60. The summed E-state index contributed by atoms with van der Waals surface area (Å²) in [5.74, 6) is -3.39. The van der Waals surface area contributed by atoms with Gasteiger partial charge in [0.05, 0.1) is 16.6 Å². The van der Waals surface area contributed by atoms with Crippen LogP contribution in [0.3, 0.4) is 0 Å². The number of hydrogen-bond acceptors (Lipinski definition) is 2. The molecule has 0 aromatic heterocycles. The molecule has 23 heavy (non-hydrogen) atoms. The van der Waals surface area contributed by atoms with Crippen LogP contribution in [-0.2, 0) is 14.7 Å². The van der Waals surface area contributed by atoms with Gasteiger partial charge in [0.1, 0.15) is 0 Å². The molecule has 1 aromatic rings. The predicted octanol–water partition coefficient (Wildman–Crippen LogP) is 4.61. The second kappa shape index (κ2) is 4.90. The third-order valence-electron chi connectivity index (χ3n) is 5.71. The number of rotatable bonds is 4. The van der Waals surface area contributed by atoms with Crippen molar-refractivity contribution in [1.29, 1.82) is 0 Å². The van der Waals surface area contributed by atoms with Crippen LogP contribution in [-0.4, -0.2) is 24.2 Å². The summed E-state index contributed by atoms with van der Waals surface area (Å²) in [6.45, 7) is 11.5. The summed E-state index contributed by atoms with van der Waals surface area (Å²) in [7, 11) is -0.730. The van der Waals surface area contributed by atoms with Gasteiger partial charge in [-0.05, 0) is 33.3 Å². The van der Waals surface area contributed by atoms with Crippen LogP contribution in [0.4, 0.5) is 8.78 Å². The van der Waals surface area contributed by atoms with E-state index >= 15 is 0 Å². The standard InChI is InChI=1S/C18H23BF2O2/c1-6-14(19-22-15(2,3)16(4,5)23-19)17(12-18(17,20)21)13-10-8-7-9-11-13/h6-11,14H,1,12H2,2-5H3. The lowest BCUT2D eigenvalue weighted by molar-refractivity contribution is 0.00578. The van der Waals surface area contributed by atoms with E-state index in [1.165, 1.54) is 0 Å². The fourth-order valence-corrected chi connectivity index (χ4v) is 3.49. The zero-order valence-electron chi connectivity index (χ0n) is 14.1. The first-order valence-corrected chi connectivity index (χ1v) is 7.99. The summed E-state index contributed by atoms with van der Waals surface area (Å²) >= 11 is 0. The Morgan fingerprint density at radius 2 is 1.57 bits per heavy atom. The van der Waals surface area contributed by atoms with E-state index in [1.54, 1.807) is 30.3 Å². The summed E-state index contributed by atoms with van der Waals surface area (Å²) in [4.78, 5) is 0. The van der Waals surface area contributed by atoms with Crippen LogP contribution in [0.2, 0.25) is 5.82 Å². The third-order valence-corrected chi connectivity index (χ3v) is 5.71. The van der Waals surface area contributed by atoms with Gasteiger partial charge in [0, 0.05) is 12.2 Å². The molecule has 0 spiro atoms. The summed E-state index contributed by atoms with van der Waals surface area (Å²) in [6.07, 6.45) is 1.36. The van der Waals surface area contributed by atoms with Crippen molar-refractivity contribution >= 4 is 7.12 Å². The third kappa shape index (κ3) is 2.28. The highest BCUT2D eigenvalue weighted by Gasteiger charge is 2.77. The van der Waals surface area contributed by atoms with Crippen LogP contribution in [0.5, 0.6) is 0 Å². The van der Waals surface area contributed by atoms with Crippen molar-refractivity contribution in [1.82, 2.24) is 0 Å². The minimum absolute atomic E-state index is 0.204. The molecule has 1 saturated carbocycles. The van der Waals surface area contributed by atoms with Crippen LogP contribution in [0.1, 0.15) is 39.7 Å². The van der Waals surface area contributed by atoms with Gasteiger partial charge < -0.3 is 9.31 Å². The zero-order valence-corrected chi connectivity index (χ0v) is 14.1. The molecular weight excluding hydrogens is 297 g/mol. The van der Waals surface area contributed by atoms with Gasteiger partial charge in [-0.3, -0.25) is 0 Å². The summed E-state index contributed by atoms with van der Waals surface area (Å²) in [5.41, 5.74) is -1.79. The molecule has 5 heteroatoms. The van der Waals surface area contributed by atoms with Gasteiger partial charge in [0.2, 0.25) is 0 Å². The van der Waals surface area contributed by atoms with Crippen molar-refractivity contribution in [3.05, 3.63) is 48.6 Å². The van der Waals surface area contributed by atoms with Gasteiger partial charge in [0.15, 0.2) is 0 Å². The second-order valence-electron chi connectivity index (χ2n) is 7.60. The predicted molar refractivity (Wildman–Crippen MR) is 87.7 cm³/mol. The van der Waals surface area contributed by atoms with E-state index in [0.29, 0.717) is 5.56 Å². The maximum atomic E-state index is 14.5. The Labute approximate surface area is 137 Å². The number of benzene rings is 1. The zero-order chi connectivity index (χ0) is 17.1. The molecule has 2 nitrogen and oxygen atoms in total. The highest BCUT2D eigenvalue weighted by molar-refractivity contribution is 6.49. The molecule has 1 aliphatic carbocycles. The average Bonchev–Trinajstić information content (AvgIpc) is 2.95. The summed E-state index contributed by atoms with van der Waals surface area (Å²) < 4.78 is 41.0. The van der Waals surface area contributed by atoms with Gasteiger partial charge >= 0.3 is 7.12 Å². The number of alkyl halides is 2. The topological polar surface area (TPSA) is 18.5 Å². The smallest absolute Gasteiger partial charge is 0.403 e. The van der Waals surface area contributed by atoms with E-state index in [1.807, 2.05) is 33.8 Å². The van der Waals surface area contributed by atoms with Crippen LogP contribution < -0.4 is 0 Å². The van der Waals surface area contributed by atoms with Crippen LogP contribution in [0, 0.1) is 0 Å². The molecular formula is C18H23BF2O2. The minimum Gasteiger partial charge on any atom is -0.403 e. The summed E-state index contributed by atoms with van der Waals surface area (Å²) in [6, 6.07) is 8.91. The van der Waals surface area contributed by atoms with Crippen LogP contribution in [0.15, 0.2) is 43.0 Å². The quantitative estimate of drug-likeness (QED) is 0.596. The Morgan fingerprint density at radius 1 is 1.09 bits per heavy atom. The Bertz CT molecular complexity index is 599. The molecule has 124 valence electrons. The largest absolute Gasteiger partial charge is 0.466 e. The van der Waals surface area contributed by atoms with E-state index in [-0.39, 0.29) is 6.42 Å². The lowest BCUT2D eigenvalue weighted by Crippen LogP contribution is -2.41. The molecule has 1 aliphatic heterocycles. The van der Waals surface area contributed by atoms with Gasteiger partial charge in [0.25, 0.3) is 5.92 Å². The molecule has 2 fully saturated rings. The molecule has 0 bridgehead atoms. The van der Waals surface area contributed by atoms with Crippen molar-refractivity contribution in [2.45, 2.75) is 62.5 Å². The number of halogens is 2. The van der Waals surface area contributed by atoms with E-state index in [9.17, 15) is 8.78 Å². The molecule has 2 atom stereocenters. The van der Waals surface area contributed by atoms with Crippen molar-refractivity contribution in [2.75, 3.05) is 0 Å². The Morgan fingerprint density at radius 3 is 1.96 bits per heavy atom. The van der Waals surface area contributed by atoms with Crippen molar-refractivity contribution in [3.63, 3.8) is 0 Å². The molecule has 1 saturated heterocycles. The molecule has 0 radical (unpaired) electrons. The summed E-state index contributed by atoms with van der Waals surface area (Å²) in [5, 5.41) is 0. The Hall–Kier alpha value is -1.20. The van der Waals surface area contributed by atoms with Gasteiger partial charge in [-0.1, -0.05) is 36.4 Å². The van der Waals surface area contributed by atoms with E-state index < -0.39 is 35.5 Å². The maximum Gasteiger partial charge on any atom is 0.466 e. The minimum atomic E-state index is -2.78. The lowest BCUT2D eigenvalue weighted by Gasteiger charge is -2.32. The molecule has 3 rings (SSSR count). The van der Waals surface area contributed by atoms with E-state index in [2.05, 4.69) is 6.58 Å². The fourth-order valence-electron chi connectivity index (χ4n) is 3.49. The average molecular weight is 320 g/mol. The van der Waals surface area contributed by atoms with E-state index in [0.717, 1.165) is 0 Å². The molecule has 2 unspecified atom stereocenters. The number of allylic oxidation sites excluding steroid dienone is 1. The first-order valence-electron chi connectivity index (χ1n) is 7.99. The Balaban J connectivity index is 1.99. The van der Waals surface area contributed by atoms with Crippen LogP contribution >= 0.6 is 0 Å². The Kier molecular flexibility index (Phi) is 3.55. The van der Waals surface area contributed by atoms with Crippen molar-refractivity contribution in [3.8, 4) is 0 Å². The van der Waals surface area contributed by atoms with Crippen molar-refractivity contribution in [2.24, 2.45) is 0 Å². The van der Waals surface area contributed by atoms with Crippen molar-refractivity contribution < 1.29 is 18.1 Å². The van der Waals surface area contributed by atoms with Gasteiger partial charge in [-0.25, -0.2) is 8.78 Å². The molecule has 2 aliphatic rings. The highest BCUT2D eigenvalue weighted by Crippen LogP contribution is 2.69. The lowest BCUT2D eigenvalue weighted by atomic mass is 9.60. The van der Waals surface area contributed by atoms with Gasteiger partial charge in [-0.15, -0.1) is 6.58 Å². The molecule has 1 aromatic carbocycles. The van der Waals surface area contributed by atoms with Gasteiger partial charge in [-0.2, -0.15) is 0 Å². The monoisotopic (exact) mass is 320 g/mol. The maximum absolute atomic E-state index is 14.5. The molecule has 0 amide bonds. The fraction of sp³-hybridized carbons (Fsp3) is 0.556. The number of hydrogen-bond donors (Lipinski definition) is 0. The van der Waals surface area contributed by atoms with Crippen LogP contribution in [0.25, 0.3) is 0 Å².